The minimum absolute atomic E-state index is 0.205. The van der Waals surface area contributed by atoms with Crippen molar-refractivity contribution >= 4 is 11.8 Å². The number of benzene rings is 1. The molecule has 0 saturated carbocycles. The summed E-state index contributed by atoms with van der Waals surface area (Å²) in [4.78, 5) is 0. The van der Waals surface area contributed by atoms with E-state index in [1.807, 2.05) is 33.0 Å². The van der Waals surface area contributed by atoms with Crippen LogP contribution in [0.5, 0.6) is 5.75 Å². The Morgan fingerprint density at radius 1 is 1.28 bits per heavy atom. The van der Waals surface area contributed by atoms with Crippen LogP contribution in [-0.2, 0) is 0 Å². The van der Waals surface area contributed by atoms with Crippen LogP contribution in [0.3, 0.4) is 0 Å². The molecule has 1 aromatic carbocycles. The second kappa shape index (κ2) is 8.40. The van der Waals surface area contributed by atoms with Crippen molar-refractivity contribution < 1.29 is 9.84 Å². The third-order valence-electron chi connectivity index (χ3n) is 2.52. The minimum atomic E-state index is 0.205. The van der Waals surface area contributed by atoms with Crippen molar-refractivity contribution in [3.8, 4) is 5.75 Å². The Bertz CT molecular complexity index is 327. The molecule has 0 aliphatic heterocycles. The highest BCUT2D eigenvalue weighted by Gasteiger charge is 2.09. The Balaban J connectivity index is 2.57. The van der Waals surface area contributed by atoms with E-state index in [9.17, 15) is 0 Å². The summed E-state index contributed by atoms with van der Waals surface area (Å²) in [6.45, 7) is 4.29. The van der Waals surface area contributed by atoms with Crippen molar-refractivity contribution in [2.45, 2.75) is 26.0 Å². The molecule has 0 bridgehead atoms. The van der Waals surface area contributed by atoms with Gasteiger partial charge in [0.15, 0.2) is 0 Å². The highest BCUT2D eigenvalue weighted by atomic mass is 32.2. The summed E-state index contributed by atoms with van der Waals surface area (Å²) in [5.41, 5.74) is 1.25. The lowest BCUT2D eigenvalue weighted by Gasteiger charge is -2.17. The largest absolute Gasteiger partial charge is 0.491 e. The van der Waals surface area contributed by atoms with Crippen molar-refractivity contribution in [3.05, 3.63) is 29.8 Å². The van der Waals surface area contributed by atoms with Gasteiger partial charge in [0.1, 0.15) is 5.75 Å². The lowest BCUT2D eigenvalue weighted by Crippen LogP contribution is -2.19. The van der Waals surface area contributed by atoms with Gasteiger partial charge in [-0.25, -0.2) is 0 Å². The Hall–Kier alpha value is -0.710. The van der Waals surface area contributed by atoms with Gasteiger partial charge in [-0.05, 0) is 38.6 Å². The summed E-state index contributed by atoms with van der Waals surface area (Å²) in [6.07, 6.45) is 0.205. The molecular formula is C14H23NO2S. The maximum absolute atomic E-state index is 8.78. The fourth-order valence-corrected chi connectivity index (χ4v) is 2.55. The van der Waals surface area contributed by atoms with Crippen LogP contribution in [0.15, 0.2) is 24.3 Å². The third-order valence-corrected chi connectivity index (χ3v) is 3.56. The van der Waals surface area contributed by atoms with Gasteiger partial charge in [0.25, 0.3) is 0 Å². The number of thioether (sulfide) groups is 1. The summed E-state index contributed by atoms with van der Waals surface area (Å²) < 4.78 is 5.62. The number of rotatable bonds is 8. The predicted octanol–water partition coefficient (Wildman–Crippen LogP) is 2.46. The van der Waals surface area contributed by atoms with Crippen molar-refractivity contribution in [1.29, 1.82) is 0 Å². The lowest BCUT2D eigenvalue weighted by molar-refractivity contribution is 0.242. The first-order valence-corrected chi connectivity index (χ1v) is 7.45. The zero-order chi connectivity index (χ0) is 13.4. The van der Waals surface area contributed by atoms with E-state index in [4.69, 9.17) is 9.84 Å². The van der Waals surface area contributed by atoms with Gasteiger partial charge in [-0.2, -0.15) is 11.8 Å². The van der Waals surface area contributed by atoms with Crippen LogP contribution in [0.1, 0.15) is 25.5 Å². The van der Waals surface area contributed by atoms with Gasteiger partial charge in [0, 0.05) is 17.5 Å². The number of nitrogens with one attached hydrogen (secondary N) is 1. The van der Waals surface area contributed by atoms with Crippen LogP contribution in [0, 0.1) is 0 Å². The molecule has 1 aromatic rings. The Labute approximate surface area is 114 Å². The van der Waals surface area contributed by atoms with Gasteiger partial charge < -0.3 is 15.2 Å². The molecule has 0 saturated heterocycles. The molecule has 0 aromatic heterocycles. The highest BCUT2D eigenvalue weighted by molar-refractivity contribution is 7.99. The standard InChI is InChI=1S/C14H23NO2S/c1-11(2)17-13-6-4-12(5-7-13)14(15-3)10-18-9-8-16/h4-7,11,14-16H,8-10H2,1-3H3. The highest BCUT2D eigenvalue weighted by Crippen LogP contribution is 2.21. The van der Waals surface area contributed by atoms with Crippen LogP contribution in [0.25, 0.3) is 0 Å². The maximum atomic E-state index is 8.78. The fourth-order valence-electron chi connectivity index (χ4n) is 1.66. The van der Waals surface area contributed by atoms with Crippen LogP contribution in [0.2, 0.25) is 0 Å². The van der Waals surface area contributed by atoms with Crippen LogP contribution in [-0.4, -0.2) is 36.4 Å². The molecular weight excluding hydrogens is 246 g/mol. The van der Waals surface area contributed by atoms with Crippen LogP contribution >= 0.6 is 11.8 Å². The van der Waals surface area contributed by atoms with Gasteiger partial charge >= 0.3 is 0 Å². The van der Waals surface area contributed by atoms with Crippen LogP contribution < -0.4 is 10.1 Å². The number of ether oxygens (including phenoxy) is 1. The van der Waals surface area contributed by atoms with E-state index < -0.39 is 0 Å². The Morgan fingerprint density at radius 3 is 2.44 bits per heavy atom. The molecule has 18 heavy (non-hydrogen) atoms. The third kappa shape index (κ3) is 5.29. The fraction of sp³-hybridized carbons (Fsp3) is 0.571. The molecule has 0 aliphatic carbocycles. The van der Waals surface area contributed by atoms with E-state index in [0.29, 0.717) is 6.04 Å². The topological polar surface area (TPSA) is 41.5 Å². The van der Waals surface area contributed by atoms with E-state index in [0.717, 1.165) is 17.3 Å². The number of aliphatic hydroxyl groups excluding tert-OH is 1. The average molecular weight is 269 g/mol. The van der Waals surface area contributed by atoms with Crippen molar-refractivity contribution in [3.63, 3.8) is 0 Å². The first-order chi connectivity index (χ1) is 8.67. The molecule has 0 radical (unpaired) electrons. The van der Waals surface area contributed by atoms with Gasteiger partial charge in [0.05, 0.1) is 12.7 Å². The normalized spacial score (nSPS) is 12.7. The monoisotopic (exact) mass is 269 g/mol. The van der Waals surface area contributed by atoms with E-state index in [1.165, 1.54) is 5.56 Å². The molecule has 4 heteroatoms. The molecule has 1 atom stereocenters. The molecule has 3 nitrogen and oxygen atoms in total. The molecule has 1 unspecified atom stereocenters. The summed E-state index contributed by atoms with van der Waals surface area (Å²) >= 11 is 1.75. The van der Waals surface area contributed by atoms with E-state index in [-0.39, 0.29) is 12.7 Å². The first kappa shape index (κ1) is 15.3. The maximum Gasteiger partial charge on any atom is 0.119 e. The van der Waals surface area contributed by atoms with Gasteiger partial charge in [-0.3, -0.25) is 0 Å². The van der Waals surface area contributed by atoms with E-state index in [2.05, 4.69) is 17.4 Å². The first-order valence-electron chi connectivity index (χ1n) is 6.30. The number of hydrogen-bond donors (Lipinski definition) is 2. The summed E-state index contributed by atoms with van der Waals surface area (Å²) in [5, 5.41) is 12.1. The summed E-state index contributed by atoms with van der Waals surface area (Å²) in [7, 11) is 1.96. The Kier molecular flexibility index (Phi) is 7.16. The van der Waals surface area contributed by atoms with Gasteiger partial charge in [0.2, 0.25) is 0 Å². The molecule has 2 N–H and O–H groups in total. The predicted molar refractivity (Wildman–Crippen MR) is 78.4 cm³/mol. The van der Waals surface area contributed by atoms with Crippen molar-refractivity contribution in [1.82, 2.24) is 5.32 Å². The second-order valence-electron chi connectivity index (χ2n) is 4.38. The van der Waals surface area contributed by atoms with Gasteiger partial charge in [-0.1, -0.05) is 12.1 Å². The van der Waals surface area contributed by atoms with E-state index in [1.54, 1.807) is 11.8 Å². The quantitative estimate of drug-likeness (QED) is 0.711. The van der Waals surface area contributed by atoms with Gasteiger partial charge in [-0.15, -0.1) is 0 Å². The lowest BCUT2D eigenvalue weighted by atomic mass is 10.1. The molecule has 0 heterocycles. The van der Waals surface area contributed by atoms with E-state index >= 15 is 0 Å². The zero-order valence-electron chi connectivity index (χ0n) is 11.3. The molecule has 0 fully saturated rings. The number of aliphatic hydroxyl groups is 1. The zero-order valence-corrected chi connectivity index (χ0v) is 12.2. The second-order valence-corrected chi connectivity index (χ2v) is 5.53. The summed E-state index contributed by atoms with van der Waals surface area (Å²) in [6, 6.07) is 8.53. The molecule has 1 rings (SSSR count). The molecule has 0 amide bonds. The Morgan fingerprint density at radius 2 is 1.94 bits per heavy atom. The van der Waals surface area contributed by atoms with Crippen molar-refractivity contribution in [2.75, 3.05) is 25.2 Å². The molecule has 0 aliphatic rings. The summed E-state index contributed by atoms with van der Waals surface area (Å²) in [5.74, 6) is 2.65. The molecule has 0 spiro atoms. The smallest absolute Gasteiger partial charge is 0.119 e. The average Bonchev–Trinajstić information content (AvgIpc) is 2.35. The van der Waals surface area contributed by atoms with Crippen molar-refractivity contribution in [2.24, 2.45) is 0 Å². The SMILES string of the molecule is CNC(CSCCO)c1ccc(OC(C)C)cc1. The number of hydrogen-bond acceptors (Lipinski definition) is 4. The molecule has 102 valence electrons. The minimum Gasteiger partial charge on any atom is -0.491 e. The van der Waals surface area contributed by atoms with Crippen LogP contribution in [0.4, 0.5) is 0 Å².